The Bertz CT molecular complexity index is 821. The van der Waals surface area contributed by atoms with Gasteiger partial charge in [0.15, 0.2) is 0 Å². The van der Waals surface area contributed by atoms with Crippen LogP contribution in [0.5, 0.6) is 0 Å². The molecule has 6 heteroatoms. The van der Waals surface area contributed by atoms with Gasteiger partial charge in [0.1, 0.15) is 0 Å². The molecule has 0 spiro atoms. The van der Waals surface area contributed by atoms with Crippen LogP contribution in [0.4, 0.5) is 0 Å². The Morgan fingerprint density at radius 3 is 2.84 bits per heavy atom. The highest BCUT2D eigenvalue weighted by Crippen LogP contribution is 2.26. The molecule has 1 atom stereocenters. The molecule has 1 fully saturated rings. The molecule has 3 heterocycles. The van der Waals surface area contributed by atoms with Gasteiger partial charge in [-0.15, -0.1) is 5.10 Å². The van der Waals surface area contributed by atoms with E-state index in [4.69, 9.17) is 0 Å². The molecule has 0 radical (unpaired) electrons. The number of nitrogens with zero attached hydrogens (tertiary/aromatic N) is 5. The highest BCUT2D eigenvalue weighted by atomic mass is 16.3. The molecule has 1 unspecified atom stereocenters. The van der Waals surface area contributed by atoms with Gasteiger partial charge in [0, 0.05) is 38.2 Å². The van der Waals surface area contributed by atoms with Gasteiger partial charge in [-0.25, -0.2) is 4.68 Å². The molecular formula is C19H21N5O. The average molecular weight is 335 g/mol. The Morgan fingerprint density at radius 1 is 1.12 bits per heavy atom. The number of pyridine rings is 1. The Labute approximate surface area is 146 Å². The summed E-state index contributed by atoms with van der Waals surface area (Å²) < 4.78 is 1.70. The molecule has 4 rings (SSSR count). The minimum Gasteiger partial charge on any atom is -0.387 e. The van der Waals surface area contributed by atoms with E-state index < -0.39 is 5.60 Å². The van der Waals surface area contributed by atoms with Crippen molar-refractivity contribution in [1.29, 1.82) is 0 Å². The van der Waals surface area contributed by atoms with Gasteiger partial charge in [0.05, 0.1) is 18.3 Å². The van der Waals surface area contributed by atoms with E-state index in [0.29, 0.717) is 13.1 Å². The topological polar surface area (TPSA) is 67.1 Å². The first-order valence-electron chi connectivity index (χ1n) is 8.48. The smallest absolute Gasteiger partial charge is 0.0981 e. The molecule has 1 aliphatic heterocycles. The quantitative estimate of drug-likeness (QED) is 0.772. The van der Waals surface area contributed by atoms with E-state index in [1.807, 2.05) is 12.3 Å². The summed E-state index contributed by atoms with van der Waals surface area (Å²) in [6.07, 6.45) is 7.84. The zero-order valence-electron chi connectivity index (χ0n) is 14.0. The van der Waals surface area contributed by atoms with Crippen LogP contribution in [0.3, 0.4) is 0 Å². The maximum Gasteiger partial charge on any atom is 0.0981 e. The lowest BCUT2D eigenvalue weighted by Gasteiger charge is -2.23. The number of benzene rings is 1. The Morgan fingerprint density at radius 2 is 2.04 bits per heavy atom. The molecule has 0 amide bonds. The van der Waals surface area contributed by atoms with E-state index in [0.717, 1.165) is 25.1 Å². The van der Waals surface area contributed by atoms with Gasteiger partial charge >= 0.3 is 0 Å². The number of aliphatic hydroxyl groups is 1. The third kappa shape index (κ3) is 3.75. The Hall–Kier alpha value is -2.57. The number of hydrogen-bond acceptors (Lipinski definition) is 5. The molecule has 1 aliphatic rings. The minimum atomic E-state index is -0.741. The summed E-state index contributed by atoms with van der Waals surface area (Å²) in [6.45, 7) is 2.83. The van der Waals surface area contributed by atoms with Crippen LogP contribution in [0, 0.1) is 0 Å². The first-order valence-corrected chi connectivity index (χ1v) is 8.48. The van der Waals surface area contributed by atoms with Gasteiger partial charge in [-0.3, -0.25) is 9.88 Å². The fourth-order valence-electron chi connectivity index (χ4n) is 3.46. The van der Waals surface area contributed by atoms with Crippen molar-refractivity contribution in [3.63, 3.8) is 0 Å². The number of rotatable bonds is 5. The van der Waals surface area contributed by atoms with E-state index in [2.05, 4.69) is 50.5 Å². The maximum absolute atomic E-state index is 10.8. The number of β-amino-alcohol motifs (C(OH)–C–C–N with tert-alkyl or cyclic N) is 1. The van der Waals surface area contributed by atoms with Crippen LogP contribution in [0.15, 0.2) is 61.2 Å². The molecule has 2 aromatic heterocycles. The molecule has 0 bridgehead atoms. The van der Waals surface area contributed by atoms with E-state index in [1.54, 1.807) is 23.3 Å². The van der Waals surface area contributed by atoms with Crippen molar-refractivity contribution in [2.75, 3.05) is 13.1 Å². The first-order chi connectivity index (χ1) is 12.2. The SMILES string of the molecule is OC1(Cn2ccnn2)CCN(Cc2cccc(-c3cccnc3)c2)C1. The van der Waals surface area contributed by atoms with Crippen LogP contribution in [-0.2, 0) is 13.1 Å². The van der Waals surface area contributed by atoms with E-state index in [9.17, 15) is 5.11 Å². The summed E-state index contributed by atoms with van der Waals surface area (Å²) in [5, 5.41) is 18.6. The largest absolute Gasteiger partial charge is 0.387 e. The summed E-state index contributed by atoms with van der Waals surface area (Å²) in [4.78, 5) is 6.48. The lowest BCUT2D eigenvalue weighted by molar-refractivity contribution is 0.0274. The van der Waals surface area contributed by atoms with Crippen LogP contribution < -0.4 is 0 Å². The van der Waals surface area contributed by atoms with Crippen LogP contribution in [0.2, 0.25) is 0 Å². The third-order valence-corrected chi connectivity index (χ3v) is 4.67. The highest BCUT2D eigenvalue weighted by Gasteiger charge is 2.36. The monoisotopic (exact) mass is 335 g/mol. The van der Waals surface area contributed by atoms with E-state index in [1.165, 1.54) is 11.1 Å². The third-order valence-electron chi connectivity index (χ3n) is 4.67. The lowest BCUT2D eigenvalue weighted by Crippen LogP contribution is -2.37. The Balaban J connectivity index is 1.43. The zero-order chi connectivity index (χ0) is 17.1. The van der Waals surface area contributed by atoms with Gasteiger partial charge in [-0.05, 0) is 35.2 Å². The average Bonchev–Trinajstić information content (AvgIpc) is 3.26. The highest BCUT2D eigenvalue weighted by molar-refractivity contribution is 5.62. The lowest BCUT2D eigenvalue weighted by atomic mass is 10.0. The van der Waals surface area contributed by atoms with Crippen LogP contribution in [0.1, 0.15) is 12.0 Å². The van der Waals surface area contributed by atoms with E-state index in [-0.39, 0.29) is 0 Å². The van der Waals surface area contributed by atoms with Gasteiger partial charge < -0.3 is 5.11 Å². The second kappa shape index (κ2) is 6.74. The van der Waals surface area contributed by atoms with Crippen LogP contribution >= 0.6 is 0 Å². The van der Waals surface area contributed by atoms with Crippen molar-refractivity contribution in [3.8, 4) is 11.1 Å². The summed E-state index contributed by atoms with van der Waals surface area (Å²) in [5.74, 6) is 0. The second-order valence-electron chi connectivity index (χ2n) is 6.73. The van der Waals surface area contributed by atoms with Gasteiger partial charge in [0.25, 0.3) is 0 Å². The molecule has 3 aromatic rings. The summed E-state index contributed by atoms with van der Waals surface area (Å²) in [6, 6.07) is 12.5. The molecule has 0 aliphatic carbocycles. The maximum atomic E-state index is 10.8. The van der Waals surface area contributed by atoms with Crippen LogP contribution in [-0.4, -0.2) is 48.7 Å². The predicted molar refractivity (Wildman–Crippen MR) is 94.5 cm³/mol. The molecule has 1 N–H and O–H groups in total. The van der Waals surface area contributed by atoms with Crippen molar-refractivity contribution in [3.05, 3.63) is 66.7 Å². The van der Waals surface area contributed by atoms with Crippen molar-refractivity contribution < 1.29 is 5.11 Å². The van der Waals surface area contributed by atoms with Crippen molar-refractivity contribution in [2.45, 2.75) is 25.1 Å². The molecule has 1 saturated heterocycles. The minimum absolute atomic E-state index is 0.485. The summed E-state index contributed by atoms with van der Waals surface area (Å²) in [5.41, 5.74) is 2.79. The zero-order valence-corrected chi connectivity index (χ0v) is 14.0. The van der Waals surface area contributed by atoms with Gasteiger partial charge in [-0.1, -0.05) is 29.5 Å². The standard InChI is InChI=1S/C19H21N5O/c25-19(15-24-10-8-21-22-24)6-9-23(14-19)13-16-3-1-4-17(11-16)18-5-2-7-20-12-18/h1-5,7-8,10-12,25H,6,9,13-15H2. The van der Waals surface area contributed by atoms with Crippen molar-refractivity contribution in [2.24, 2.45) is 0 Å². The van der Waals surface area contributed by atoms with Crippen LogP contribution in [0.25, 0.3) is 11.1 Å². The Kier molecular flexibility index (Phi) is 4.29. The molecule has 6 nitrogen and oxygen atoms in total. The number of hydrogen-bond donors (Lipinski definition) is 1. The first kappa shape index (κ1) is 15.9. The van der Waals surface area contributed by atoms with Gasteiger partial charge in [0.2, 0.25) is 0 Å². The molecule has 0 saturated carbocycles. The number of aromatic nitrogens is 4. The van der Waals surface area contributed by atoms with Crippen molar-refractivity contribution >= 4 is 0 Å². The molecule has 128 valence electrons. The molecule has 1 aromatic carbocycles. The number of likely N-dealkylation sites (tertiary alicyclic amines) is 1. The second-order valence-corrected chi connectivity index (χ2v) is 6.73. The normalized spacial score (nSPS) is 20.8. The fraction of sp³-hybridized carbons (Fsp3) is 0.316. The molecule has 25 heavy (non-hydrogen) atoms. The molecular weight excluding hydrogens is 314 g/mol. The summed E-state index contributed by atoms with van der Waals surface area (Å²) in [7, 11) is 0. The fourth-order valence-corrected chi connectivity index (χ4v) is 3.46. The summed E-state index contributed by atoms with van der Waals surface area (Å²) >= 11 is 0. The predicted octanol–water partition coefficient (Wildman–Crippen LogP) is 1.98. The van der Waals surface area contributed by atoms with Gasteiger partial charge in [-0.2, -0.15) is 0 Å². The van der Waals surface area contributed by atoms with Crippen molar-refractivity contribution in [1.82, 2.24) is 24.9 Å². The van der Waals surface area contributed by atoms with E-state index >= 15 is 0 Å².